The van der Waals surface area contributed by atoms with Crippen LogP contribution in [0, 0.1) is 11.3 Å². The van der Waals surface area contributed by atoms with Crippen LogP contribution in [0.4, 0.5) is 0 Å². The number of piperidine rings is 1. The van der Waals surface area contributed by atoms with Crippen molar-refractivity contribution in [1.29, 1.82) is 0 Å². The summed E-state index contributed by atoms with van der Waals surface area (Å²) in [6.07, 6.45) is 9.36. The molecule has 0 aromatic carbocycles. The zero-order valence-corrected chi connectivity index (χ0v) is 14.0. The highest BCUT2D eigenvalue weighted by atomic mass is 32.2. The number of rotatable bonds is 4. The highest BCUT2D eigenvalue weighted by molar-refractivity contribution is 7.99. The first-order chi connectivity index (χ1) is 9.54. The Morgan fingerprint density at radius 2 is 1.90 bits per heavy atom. The van der Waals surface area contributed by atoms with Crippen LogP contribution in [0.15, 0.2) is 0 Å². The average molecular weight is 298 g/mol. The highest BCUT2D eigenvalue weighted by Gasteiger charge is 2.38. The molecule has 0 spiro atoms. The summed E-state index contributed by atoms with van der Waals surface area (Å²) < 4.78 is 0. The summed E-state index contributed by atoms with van der Waals surface area (Å²) in [6.45, 7) is 6.33. The molecule has 0 radical (unpaired) electrons. The largest absolute Gasteiger partial charge is 0.353 e. The number of hydrogen-bond donors (Lipinski definition) is 2. The number of carbonyl (C=O) groups excluding carboxylic acids is 1. The van der Waals surface area contributed by atoms with Gasteiger partial charge in [-0.2, -0.15) is 11.8 Å². The van der Waals surface area contributed by atoms with Crippen molar-refractivity contribution in [3.8, 4) is 0 Å². The monoisotopic (exact) mass is 298 g/mol. The van der Waals surface area contributed by atoms with Crippen LogP contribution in [0.1, 0.15) is 52.4 Å². The predicted molar refractivity (Wildman–Crippen MR) is 87.1 cm³/mol. The third kappa shape index (κ3) is 3.91. The summed E-state index contributed by atoms with van der Waals surface area (Å²) in [7, 11) is 0. The van der Waals surface area contributed by atoms with Crippen molar-refractivity contribution in [3.63, 3.8) is 0 Å². The smallest absolute Gasteiger partial charge is 0.226 e. The molecule has 116 valence electrons. The molecule has 1 saturated heterocycles. The van der Waals surface area contributed by atoms with Crippen molar-refractivity contribution < 1.29 is 4.79 Å². The maximum Gasteiger partial charge on any atom is 0.226 e. The number of amides is 1. The van der Waals surface area contributed by atoms with Crippen molar-refractivity contribution in [2.75, 3.05) is 19.3 Å². The first-order valence-electron chi connectivity index (χ1n) is 8.08. The number of thioether (sulfide) groups is 1. The van der Waals surface area contributed by atoms with Gasteiger partial charge >= 0.3 is 0 Å². The Morgan fingerprint density at radius 1 is 1.20 bits per heavy atom. The first kappa shape index (κ1) is 16.2. The summed E-state index contributed by atoms with van der Waals surface area (Å²) in [5.41, 5.74) is -0.246. The van der Waals surface area contributed by atoms with E-state index in [1.807, 2.05) is 11.8 Å². The molecular weight excluding hydrogens is 268 g/mol. The normalized spacial score (nSPS) is 31.9. The van der Waals surface area contributed by atoms with Gasteiger partial charge in [0.25, 0.3) is 0 Å². The molecule has 2 rings (SSSR count). The van der Waals surface area contributed by atoms with Crippen molar-refractivity contribution in [3.05, 3.63) is 0 Å². The fraction of sp³-hybridized carbons (Fsp3) is 0.938. The van der Waals surface area contributed by atoms with E-state index in [-0.39, 0.29) is 11.3 Å². The molecule has 2 N–H and O–H groups in total. The molecule has 20 heavy (non-hydrogen) atoms. The maximum atomic E-state index is 12.6. The van der Waals surface area contributed by atoms with E-state index in [2.05, 4.69) is 30.7 Å². The summed E-state index contributed by atoms with van der Waals surface area (Å²) >= 11 is 1.97. The Bertz CT molecular complexity index is 318. The van der Waals surface area contributed by atoms with Crippen LogP contribution in [-0.4, -0.2) is 36.5 Å². The second-order valence-electron chi connectivity index (χ2n) is 6.95. The molecule has 2 fully saturated rings. The summed E-state index contributed by atoms with van der Waals surface area (Å²) in [4.78, 5) is 12.6. The minimum Gasteiger partial charge on any atom is -0.353 e. The van der Waals surface area contributed by atoms with Gasteiger partial charge in [0, 0.05) is 16.7 Å². The van der Waals surface area contributed by atoms with E-state index in [0.717, 1.165) is 31.2 Å². The average Bonchev–Trinajstić information content (AvgIpc) is 2.49. The zero-order valence-electron chi connectivity index (χ0n) is 13.2. The first-order valence-corrected chi connectivity index (χ1v) is 9.37. The number of hydrogen-bond acceptors (Lipinski definition) is 3. The number of carbonyl (C=O) groups is 1. The van der Waals surface area contributed by atoms with Gasteiger partial charge in [-0.3, -0.25) is 4.79 Å². The molecule has 1 saturated carbocycles. The van der Waals surface area contributed by atoms with Crippen LogP contribution in [0.5, 0.6) is 0 Å². The maximum absolute atomic E-state index is 12.6. The molecule has 1 amide bonds. The van der Waals surface area contributed by atoms with Gasteiger partial charge in [0.2, 0.25) is 5.91 Å². The fourth-order valence-corrected chi connectivity index (χ4v) is 4.21. The zero-order chi connectivity index (χ0) is 14.6. The van der Waals surface area contributed by atoms with Crippen molar-refractivity contribution in [1.82, 2.24) is 10.6 Å². The van der Waals surface area contributed by atoms with Gasteiger partial charge in [-0.05, 0) is 63.8 Å². The predicted octanol–water partition coefficient (Wildman–Crippen LogP) is 2.80. The Hall–Kier alpha value is -0.220. The van der Waals surface area contributed by atoms with Crippen molar-refractivity contribution >= 4 is 17.7 Å². The molecule has 0 bridgehead atoms. The Morgan fingerprint density at radius 3 is 2.45 bits per heavy atom. The minimum absolute atomic E-state index is 0.246. The summed E-state index contributed by atoms with van der Waals surface area (Å²) in [6, 6.07) is 0.404. The second kappa shape index (κ2) is 7.17. The molecule has 1 heterocycles. The number of nitrogens with one attached hydrogen (secondary N) is 2. The van der Waals surface area contributed by atoms with E-state index >= 15 is 0 Å². The lowest BCUT2D eigenvalue weighted by Gasteiger charge is -2.38. The van der Waals surface area contributed by atoms with Gasteiger partial charge in [0.15, 0.2) is 0 Å². The highest BCUT2D eigenvalue weighted by Crippen LogP contribution is 2.33. The molecule has 1 aliphatic carbocycles. The fourth-order valence-electron chi connectivity index (χ4n) is 3.47. The Kier molecular flexibility index (Phi) is 5.79. The lowest BCUT2D eigenvalue weighted by Crippen LogP contribution is -2.50. The third-order valence-electron chi connectivity index (χ3n) is 5.25. The van der Waals surface area contributed by atoms with Crippen LogP contribution in [0.25, 0.3) is 0 Å². The van der Waals surface area contributed by atoms with Gasteiger partial charge < -0.3 is 10.6 Å². The lowest BCUT2D eigenvalue weighted by molar-refractivity contribution is -0.133. The summed E-state index contributed by atoms with van der Waals surface area (Å²) in [5.74, 6) is 0.734. The summed E-state index contributed by atoms with van der Waals surface area (Å²) in [5, 5.41) is 7.56. The van der Waals surface area contributed by atoms with Crippen molar-refractivity contribution in [2.24, 2.45) is 11.3 Å². The van der Waals surface area contributed by atoms with Gasteiger partial charge in [0.1, 0.15) is 0 Å². The van der Waals surface area contributed by atoms with E-state index in [9.17, 15) is 4.79 Å². The van der Waals surface area contributed by atoms with Crippen LogP contribution < -0.4 is 10.6 Å². The van der Waals surface area contributed by atoms with Gasteiger partial charge in [0.05, 0.1) is 0 Å². The van der Waals surface area contributed by atoms with Crippen LogP contribution in [0.3, 0.4) is 0 Å². The third-order valence-corrected chi connectivity index (χ3v) is 6.38. The Labute approximate surface area is 128 Å². The molecule has 4 heteroatoms. The molecule has 0 aromatic rings. The quantitative estimate of drug-likeness (QED) is 0.838. The molecule has 2 aliphatic rings. The van der Waals surface area contributed by atoms with Crippen LogP contribution >= 0.6 is 11.8 Å². The second-order valence-corrected chi connectivity index (χ2v) is 8.09. The van der Waals surface area contributed by atoms with E-state index in [1.54, 1.807) is 0 Å². The molecule has 1 unspecified atom stereocenters. The lowest BCUT2D eigenvalue weighted by atomic mass is 9.74. The van der Waals surface area contributed by atoms with Crippen LogP contribution in [-0.2, 0) is 4.79 Å². The molecule has 3 nitrogen and oxygen atoms in total. The van der Waals surface area contributed by atoms with Gasteiger partial charge in [-0.1, -0.05) is 13.8 Å². The molecule has 1 atom stereocenters. The topological polar surface area (TPSA) is 41.1 Å². The van der Waals surface area contributed by atoms with E-state index in [0.29, 0.717) is 12.0 Å². The van der Waals surface area contributed by atoms with Gasteiger partial charge in [-0.25, -0.2) is 0 Å². The molecular formula is C16H30N2OS. The molecule has 0 aromatic heterocycles. The standard InChI is InChI=1S/C16H30N2OS/c1-16(2,12-5-4-10-17-11-12)15(19)18-13-6-8-14(20-3)9-7-13/h12-14,17H,4-11H2,1-3H3,(H,18,19). The molecule has 1 aliphatic heterocycles. The SMILES string of the molecule is CSC1CCC(NC(=O)C(C)(C)C2CCCNC2)CC1. The van der Waals surface area contributed by atoms with Gasteiger partial charge in [-0.15, -0.1) is 0 Å². The minimum atomic E-state index is -0.246. The van der Waals surface area contributed by atoms with E-state index in [4.69, 9.17) is 0 Å². The van der Waals surface area contributed by atoms with E-state index in [1.165, 1.54) is 25.7 Å². The van der Waals surface area contributed by atoms with E-state index < -0.39 is 0 Å². The van der Waals surface area contributed by atoms with Crippen LogP contribution in [0.2, 0.25) is 0 Å². The van der Waals surface area contributed by atoms with Crippen molar-refractivity contribution in [2.45, 2.75) is 63.7 Å². The Balaban J connectivity index is 1.84.